The minimum atomic E-state index is -0.599. The number of hydrogen-bond acceptors (Lipinski definition) is 4. The first kappa shape index (κ1) is 13.5. The van der Waals surface area contributed by atoms with Gasteiger partial charge in [0.05, 0.1) is 10.6 Å². The lowest BCUT2D eigenvalue weighted by molar-refractivity contribution is 0.272. The van der Waals surface area contributed by atoms with Crippen LogP contribution in [0.4, 0.5) is 4.39 Å². The van der Waals surface area contributed by atoms with Gasteiger partial charge in [-0.15, -0.1) is 0 Å². The van der Waals surface area contributed by atoms with Crippen LogP contribution in [0.3, 0.4) is 0 Å². The first-order valence-corrected chi connectivity index (χ1v) is 6.91. The van der Waals surface area contributed by atoms with Crippen molar-refractivity contribution in [2.75, 3.05) is 0 Å². The molecule has 0 aliphatic heterocycles. The second-order valence-electron chi connectivity index (χ2n) is 5.46. The van der Waals surface area contributed by atoms with Gasteiger partial charge in [0, 0.05) is 6.42 Å². The second kappa shape index (κ2) is 4.82. The number of hydrogen-bond donors (Lipinski definition) is 1. The Morgan fingerprint density at radius 3 is 2.95 bits per heavy atom. The highest BCUT2D eigenvalue weighted by atomic mass is 35.5. The van der Waals surface area contributed by atoms with E-state index in [0.29, 0.717) is 23.2 Å². The first-order valence-electron chi connectivity index (χ1n) is 6.53. The molecule has 1 aromatic heterocycles. The van der Waals surface area contributed by atoms with Crippen LogP contribution < -0.4 is 5.73 Å². The summed E-state index contributed by atoms with van der Waals surface area (Å²) in [5.74, 6) is 0.771. The molecule has 1 aliphatic carbocycles. The topological polar surface area (TPSA) is 64.9 Å². The van der Waals surface area contributed by atoms with Crippen LogP contribution >= 0.6 is 11.6 Å². The molecule has 0 saturated heterocycles. The number of nitrogens with zero attached hydrogens (tertiary/aromatic N) is 2. The van der Waals surface area contributed by atoms with Crippen LogP contribution in [0.2, 0.25) is 5.02 Å². The van der Waals surface area contributed by atoms with Gasteiger partial charge in [0.15, 0.2) is 5.82 Å². The quantitative estimate of drug-likeness (QED) is 0.941. The fourth-order valence-electron chi connectivity index (χ4n) is 2.26. The van der Waals surface area contributed by atoms with E-state index in [1.807, 2.05) is 6.92 Å². The first-order chi connectivity index (χ1) is 9.48. The minimum absolute atomic E-state index is 0.0906. The van der Waals surface area contributed by atoms with E-state index in [-0.39, 0.29) is 11.4 Å². The summed E-state index contributed by atoms with van der Waals surface area (Å²) in [5, 5.41) is 3.97. The maximum Gasteiger partial charge on any atom is 0.246 e. The maximum absolute atomic E-state index is 13.8. The molecule has 1 fully saturated rings. The van der Waals surface area contributed by atoms with Crippen molar-refractivity contribution in [3.05, 3.63) is 46.3 Å². The number of nitrogens with two attached hydrogens (primary N) is 1. The zero-order chi connectivity index (χ0) is 14.3. The smallest absolute Gasteiger partial charge is 0.246 e. The average Bonchev–Trinajstić information content (AvgIpc) is 3.16. The number of halogens is 2. The van der Waals surface area contributed by atoms with Gasteiger partial charge in [-0.2, -0.15) is 4.98 Å². The molecule has 2 N–H and O–H groups in total. The van der Waals surface area contributed by atoms with Gasteiger partial charge < -0.3 is 10.3 Å². The monoisotopic (exact) mass is 295 g/mol. The van der Waals surface area contributed by atoms with Crippen LogP contribution in [-0.4, -0.2) is 10.1 Å². The van der Waals surface area contributed by atoms with Gasteiger partial charge in [-0.25, -0.2) is 4.39 Å². The average molecular weight is 296 g/mol. The molecule has 0 bridgehead atoms. The summed E-state index contributed by atoms with van der Waals surface area (Å²) < 4.78 is 19.1. The van der Waals surface area contributed by atoms with Crippen LogP contribution in [0.15, 0.2) is 22.7 Å². The van der Waals surface area contributed by atoms with Crippen molar-refractivity contribution in [1.82, 2.24) is 10.1 Å². The number of aromatic nitrogens is 2. The van der Waals surface area contributed by atoms with Gasteiger partial charge in [0.2, 0.25) is 5.89 Å². The van der Waals surface area contributed by atoms with E-state index in [4.69, 9.17) is 21.9 Å². The molecule has 0 amide bonds. The molecule has 4 nitrogen and oxygen atoms in total. The highest BCUT2D eigenvalue weighted by molar-refractivity contribution is 6.30. The van der Waals surface area contributed by atoms with Crippen molar-refractivity contribution in [3.63, 3.8) is 0 Å². The number of rotatable bonds is 4. The zero-order valence-electron chi connectivity index (χ0n) is 11.1. The molecule has 1 heterocycles. The molecule has 1 aromatic carbocycles. The Bertz CT molecular complexity index is 637. The Labute approximate surface area is 121 Å². The zero-order valence-corrected chi connectivity index (χ0v) is 11.8. The van der Waals surface area contributed by atoms with E-state index in [1.165, 1.54) is 6.07 Å². The van der Waals surface area contributed by atoms with Gasteiger partial charge in [0.1, 0.15) is 5.82 Å². The Morgan fingerprint density at radius 2 is 2.25 bits per heavy atom. The Hall–Kier alpha value is -1.46. The van der Waals surface area contributed by atoms with Gasteiger partial charge in [-0.3, -0.25) is 0 Å². The van der Waals surface area contributed by atoms with Gasteiger partial charge in [0.25, 0.3) is 0 Å². The van der Waals surface area contributed by atoms with E-state index < -0.39 is 11.4 Å². The van der Waals surface area contributed by atoms with E-state index in [2.05, 4.69) is 10.1 Å². The molecule has 2 aromatic rings. The predicted molar refractivity (Wildman–Crippen MR) is 72.8 cm³/mol. The van der Waals surface area contributed by atoms with Crippen molar-refractivity contribution in [2.24, 2.45) is 11.7 Å². The standard InChI is InChI=1S/C14H15ClFN3O/c1-14(17,9-5-6-9)13-18-11(19-20-13)7-8-3-2-4-10(15)12(8)16/h2-4,9H,5-7,17H2,1H3. The molecule has 1 atom stereocenters. The van der Waals surface area contributed by atoms with Gasteiger partial charge >= 0.3 is 0 Å². The Kier molecular flexibility index (Phi) is 3.26. The predicted octanol–water partition coefficient (Wildman–Crippen LogP) is 3.04. The van der Waals surface area contributed by atoms with Gasteiger partial charge in [-0.1, -0.05) is 28.9 Å². The van der Waals surface area contributed by atoms with Gasteiger partial charge in [-0.05, 0) is 37.3 Å². The minimum Gasteiger partial charge on any atom is -0.337 e. The summed E-state index contributed by atoms with van der Waals surface area (Å²) in [5.41, 5.74) is 6.05. The van der Waals surface area contributed by atoms with E-state index >= 15 is 0 Å². The molecule has 3 rings (SSSR count). The fraction of sp³-hybridized carbons (Fsp3) is 0.429. The molecule has 1 unspecified atom stereocenters. The summed E-state index contributed by atoms with van der Waals surface area (Å²) in [6, 6.07) is 4.85. The largest absolute Gasteiger partial charge is 0.337 e. The Balaban J connectivity index is 1.82. The van der Waals surface area contributed by atoms with E-state index in [1.54, 1.807) is 12.1 Å². The molecule has 106 valence electrons. The maximum atomic E-state index is 13.8. The second-order valence-corrected chi connectivity index (χ2v) is 5.87. The lowest BCUT2D eigenvalue weighted by atomic mass is 9.97. The fourth-order valence-corrected chi connectivity index (χ4v) is 2.45. The van der Waals surface area contributed by atoms with Crippen LogP contribution in [0.1, 0.15) is 37.0 Å². The molecule has 20 heavy (non-hydrogen) atoms. The third kappa shape index (κ3) is 2.43. The van der Waals surface area contributed by atoms with Crippen LogP contribution in [0, 0.1) is 11.7 Å². The molecular formula is C14H15ClFN3O. The van der Waals surface area contributed by atoms with Crippen LogP contribution in [0.5, 0.6) is 0 Å². The molecule has 0 spiro atoms. The molecule has 0 radical (unpaired) electrons. The van der Waals surface area contributed by atoms with Crippen molar-refractivity contribution in [3.8, 4) is 0 Å². The molecule has 1 saturated carbocycles. The third-order valence-electron chi connectivity index (χ3n) is 3.73. The highest BCUT2D eigenvalue weighted by Crippen LogP contribution is 2.43. The van der Waals surface area contributed by atoms with E-state index in [0.717, 1.165) is 12.8 Å². The SMILES string of the molecule is CC(N)(c1nc(Cc2cccc(Cl)c2F)no1)C1CC1. The highest BCUT2D eigenvalue weighted by Gasteiger charge is 2.43. The molecular weight excluding hydrogens is 281 g/mol. The van der Waals surface area contributed by atoms with Crippen molar-refractivity contribution in [2.45, 2.75) is 31.7 Å². The molecule has 6 heteroatoms. The summed E-state index contributed by atoms with van der Waals surface area (Å²) in [4.78, 5) is 4.30. The normalized spacial score (nSPS) is 18.0. The lowest BCUT2D eigenvalue weighted by Gasteiger charge is -2.18. The number of benzene rings is 1. The van der Waals surface area contributed by atoms with E-state index in [9.17, 15) is 4.39 Å². The Morgan fingerprint density at radius 1 is 1.50 bits per heavy atom. The van der Waals surface area contributed by atoms with Crippen molar-refractivity contribution >= 4 is 11.6 Å². The van der Waals surface area contributed by atoms with Crippen LogP contribution in [-0.2, 0) is 12.0 Å². The van der Waals surface area contributed by atoms with Crippen LogP contribution in [0.25, 0.3) is 0 Å². The summed E-state index contributed by atoms with van der Waals surface area (Å²) in [7, 11) is 0. The van der Waals surface area contributed by atoms with Crippen molar-refractivity contribution < 1.29 is 8.91 Å². The summed E-state index contributed by atoms with van der Waals surface area (Å²) in [6.07, 6.45) is 2.39. The summed E-state index contributed by atoms with van der Waals surface area (Å²) >= 11 is 5.75. The summed E-state index contributed by atoms with van der Waals surface area (Å²) in [6.45, 7) is 1.89. The lowest BCUT2D eigenvalue weighted by Crippen LogP contribution is -2.35. The third-order valence-corrected chi connectivity index (χ3v) is 4.03. The van der Waals surface area contributed by atoms with Crippen molar-refractivity contribution in [1.29, 1.82) is 0 Å². The molecule has 1 aliphatic rings.